The van der Waals surface area contributed by atoms with Crippen LogP contribution in [0.5, 0.6) is 5.75 Å². The Labute approximate surface area is 245 Å². The molecular weight excluding hydrogens is 554 g/mol. The minimum Gasteiger partial charge on any atom is -0.492 e. The van der Waals surface area contributed by atoms with Crippen LogP contribution in [0.3, 0.4) is 0 Å². The Balaban J connectivity index is 1.19. The third-order valence-electron chi connectivity index (χ3n) is 7.62. The molecule has 0 unspecified atom stereocenters. The average molecular weight is 588 g/mol. The molecule has 218 valence electrons. The van der Waals surface area contributed by atoms with Crippen molar-refractivity contribution < 1.29 is 22.7 Å². The largest absolute Gasteiger partial charge is 0.492 e. The summed E-state index contributed by atoms with van der Waals surface area (Å²) in [7, 11) is -3.58. The van der Waals surface area contributed by atoms with Crippen LogP contribution in [0.15, 0.2) is 65.7 Å². The molecule has 4 aromatic rings. The van der Waals surface area contributed by atoms with Gasteiger partial charge in [-0.1, -0.05) is 6.07 Å². The molecule has 3 aromatic heterocycles. The van der Waals surface area contributed by atoms with Crippen LogP contribution in [0.25, 0.3) is 22.3 Å². The minimum absolute atomic E-state index is 0.0519. The van der Waals surface area contributed by atoms with Crippen molar-refractivity contribution in [3.8, 4) is 17.1 Å². The zero-order valence-corrected chi connectivity index (χ0v) is 24.6. The SMILES string of the molecule is C[C@@H]1CN(c2cccc(-c3ccc4cnc(CNC(=O)c5ccc6c(c5)S(=O)(=O)[C@@H](C)CCO6)cc4n3)n2)C[C@H](C)O1. The van der Waals surface area contributed by atoms with Crippen molar-refractivity contribution in [1.82, 2.24) is 20.3 Å². The highest BCUT2D eigenvalue weighted by Gasteiger charge is 2.30. The lowest BCUT2D eigenvalue weighted by Crippen LogP contribution is -2.45. The van der Waals surface area contributed by atoms with Crippen LogP contribution in [0, 0.1) is 0 Å². The fourth-order valence-electron chi connectivity index (χ4n) is 5.37. The van der Waals surface area contributed by atoms with Gasteiger partial charge >= 0.3 is 0 Å². The van der Waals surface area contributed by atoms with Gasteiger partial charge in [-0.15, -0.1) is 0 Å². The van der Waals surface area contributed by atoms with E-state index in [2.05, 4.69) is 29.0 Å². The van der Waals surface area contributed by atoms with Gasteiger partial charge in [-0.3, -0.25) is 9.78 Å². The number of pyridine rings is 3. The molecule has 11 heteroatoms. The van der Waals surface area contributed by atoms with Gasteiger partial charge in [0.2, 0.25) is 0 Å². The summed E-state index contributed by atoms with van der Waals surface area (Å²) in [6.07, 6.45) is 2.39. The molecule has 5 heterocycles. The Bertz CT molecular complexity index is 1750. The Kier molecular flexibility index (Phi) is 7.54. The highest BCUT2D eigenvalue weighted by molar-refractivity contribution is 7.92. The van der Waals surface area contributed by atoms with Crippen molar-refractivity contribution in [1.29, 1.82) is 0 Å². The Morgan fingerprint density at radius 1 is 1.00 bits per heavy atom. The second kappa shape index (κ2) is 11.3. The van der Waals surface area contributed by atoms with Crippen LogP contribution in [0.2, 0.25) is 0 Å². The van der Waals surface area contributed by atoms with E-state index in [1.165, 1.54) is 6.07 Å². The number of amides is 1. The molecule has 0 radical (unpaired) electrons. The molecule has 0 spiro atoms. The smallest absolute Gasteiger partial charge is 0.251 e. The van der Waals surface area contributed by atoms with Crippen molar-refractivity contribution in [2.45, 2.75) is 56.1 Å². The number of carbonyl (C=O) groups excluding carboxylic acids is 1. The van der Waals surface area contributed by atoms with Crippen LogP contribution in [-0.4, -0.2) is 66.4 Å². The van der Waals surface area contributed by atoms with E-state index in [0.717, 1.165) is 41.2 Å². The van der Waals surface area contributed by atoms with E-state index in [9.17, 15) is 13.2 Å². The molecule has 42 heavy (non-hydrogen) atoms. The first-order chi connectivity index (χ1) is 20.2. The summed E-state index contributed by atoms with van der Waals surface area (Å²) in [6.45, 7) is 7.82. The van der Waals surface area contributed by atoms with Gasteiger partial charge in [0.15, 0.2) is 9.84 Å². The lowest BCUT2D eigenvalue weighted by Gasteiger charge is -2.36. The van der Waals surface area contributed by atoms with Crippen molar-refractivity contribution in [2.24, 2.45) is 0 Å². The van der Waals surface area contributed by atoms with Gasteiger partial charge in [-0.05, 0) is 75.7 Å². The molecule has 10 nitrogen and oxygen atoms in total. The number of hydrogen-bond acceptors (Lipinski definition) is 9. The zero-order chi connectivity index (χ0) is 29.4. The Morgan fingerprint density at radius 2 is 1.79 bits per heavy atom. The summed E-state index contributed by atoms with van der Waals surface area (Å²) in [4.78, 5) is 29.5. The summed E-state index contributed by atoms with van der Waals surface area (Å²) < 4.78 is 37.3. The number of fused-ring (bicyclic) bond motifs is 2. The summed E-state index contributed by atoms with van der Waals surface area (Å²) in [5.41, 5.74) is 3.10. The number of anilines is 1. The molecule has 1 aromatic carbocycles. The number of nitrogens with zero attached hydrogens (tertiary/aromatic N) is 4. The maximum atomic E-state index is 13.0. The summed E-state index contributed by atoms with van der Waals surface area (Å²) in [6, 6.07) is 16.2. The van der Waals surface area contributed by atoms with E-state index in [0.29, 0.717) is 18.7 Å². The zero-order valence-electron chi connectivity index (χ0n) is 23.8. The minimum atomic E-state index is -3.58. The summed E-state index contributed by atoms with van der Waals surface area (Å²) >= 11 is 0. The third-order valence-corrected chi connectivity index (χ3v) is 9.85. The van der Waals surface area contributed by atoms with Crippen LogP contribution in [0.4, 0.5) is 5.82 Å². The number of hydrogen-bond donors (Lipinski definition) is 1. The standard InChI is InChI=1S/C31H33N5O5S/c1-19-17-36(18-20(2)41-19)30-6-4-5-25(35-30)26-9-7-23-15-32-24(14-27(23)34-26)16-33-31(37)22-8-10-28-29(13-22)42(38,39)21(3)11-12-40-28/h4-10,13-15,19-21H,11-12,16-18H2,1-3H3,(H,33,37)/t19-,20+,21-/m0/s1. The quantitative estimate of drug-likeness (QED) is 0.366. The van der Waals surface area contributed by atoms with E-state index < -0.39 is 21.0 Å². The predicted octanol–water partition coefficient (Wildman–Crippen LogP) is 4.18. The first-order valence-corrected chi connectivity index (χ1v) is 15.6. The van der Waals surface area contributed by atoms with Crippen LogP contribution in [-0.2, 0) is 21.1 Å². The van der Waals surface area contributed by atoms with E-state index in [1.54, 1.807) is 25.3 Å². The van der Waals surface area contributed by atoms with E-state index in [-0.39, 0.29) is 35.0 Å². The van der Waals surface area contributed by atoms with Crippen LogP contribution < -0.4 is 15.0 Å². The van der Waals surface area contributed by atoms with Gasteiger partial charge in [-0.25, -0.2) is 18.4 Å². The summed E-state index contributed by atoms with van der Waals surface area (Å²) in [5, 5.41) is 3.13. The highest BCUT2D eigenvalue weighted by atomic mass is 32.2. The number of nitrogens with one attached hydrogen (secondary N) is 1. The van der Waals surface area contributed by atoms with Crippen molar-refractivity contribution >= 4 is 32.5 Å². The number of rotatable bonds is 5. The number of carbonyl (C=O) groups is 1. The molecule has 3 atom stereocenters. The van der Waals surface area contributed by atoms with Gasteiger partial charge in [-0.2, -0.15) is 0 Å². The molecule has 1 N–H and O–H groups in total. The normalized spacial score (nSPS) is 21.7. The van der Waals surface area contributed by atoms with Gasteiger partial charge < -0.3 is 19.7 Å². The molecule has 1 amide bonds. The Morgan fingerprint density at radius 3 is 2.60 bits per heavy atom. The first-order valence-electron chi connectivity index (χ1n) is 14.1. The van der Waals surface area contributed by atoms with Crippen LogP contribution >= 0.6 is 0 Å². The average Bonchev–Trinajstić information content (AvgIpc) is 3.09. The van der Waals surface area contributed by atoms with E-state index in [1.807, 2.05) is 36.4 Å². The van der Waals surface area contributed by atoms with Gasteiger partial charge in [0, 0.05) is 30.2 Å². The molecule has 1 saturated heterocycles. The molecule has 1 fully saturated rings. The number of morpholine rings is 1. The number of ether oxygens (including phenoxy) is 2. The maximum absolute atomic E-state index is 13.0. The van der Waals surface area contributed by atoms with E-state index in [4.69, 9.17) is 19.4 Å². The molecule has 2 aliphatic heterocycles. The van der Waals surface area contributed by atoms with Crippen molar-refractivity contribution in [3.05, 3.63) is 72.1 Å². The molecule has 0 bridgehead atoms. The monoisotopic (exact) mass is 587 g/mol. The fourth-order valence-corrected chi connectivity index (χ4v) is 6.91. The van der Waals surface area contributed by atoms with Crippen molar-refractivity contribution in [3.63, 3.8) is 0 Å². The second-order valence-electron chi connectivity index (χ2n) is 10.9. The van der Waals surface area contributed by atoms with Gasteiger partial charge in [0.05, 0.1) is 53.2 Å². The lowest BCUT2D eigenvalue weighted by atomic mass is 10.1. The van der Waals surface area contributed by atoms with Gasteiger partial charge in [0.25, 0.3) is 5.91 Å². The number of benzene rings is 1. The third kappa shape index (κ3) is 5.66. The molecule has 0 saturated carbocycles. The van der Waals surface area contributed by atoms with Crippen molar-refractivity contribution in [2.75, 3.05) is 24.6 Å². The van der Waals surface area contributed by atoms with E-state index >= 15 is 0 Å². The maximum Gasteiger partial charge on any atom is 0.251 e. The van der Waals surface area contributed by atoms with Crippen LogP contribution in [0.1, 0.15) is 43.2 Å². The molecular formula is C31H33N5O5S. The predicted molar refractivity (Wildman–Crippen MR) is 159 cm³/mol. The highest BCUT2D eigenvalue weighted by Crippen LogP contribution is 2.32. The number of aromatic nitrogens is 3. The summed E-state index contributed by atoms with van der Waals surface area (Å²) in [5.74, 6) is 0.769. The van der Waals surface area contributed by atoms with Gasteiger partial charge in [0.1, 0.15) is 16.5 Å². The second-order valence-corrected chi connectivity index (χ2v) is 13.3. The molecule has 6 rings (SSSR count). The first kappa shape index (κ1) is 28.0. The topological polar surface area (TPSA) is 124 Å². The fraction of sp³-hybridized carbons (Fsp3) is 0.355. The Hall–Kier alpha value is -4.09. The molecule has 0 aliphatic carbocycles. The molecule has 2 aliphatic rings. The number of sulfone groups is 1. The lowest BCUT2D eigenvalue weighted by molar-refractivity contribution is -0.00545.